The van der Waals surface area contributed by atoms with E-state index in [1.807, 2.05) is 13.8 Å². The molecule has 0 bridgehead atoms. The second-order valence-corrected chi connectivity index (χ2v) is 4.94. The first-order valence-electron chi connectivity index (χ1n) is 6.83. The van der Waals surface area contributed by atoms with Crippen LogP contribution in [0.4, 0.5) is 0 Å². The van der Waals surface area contributed by atoms with Crippen LogP contribution in [0, 0.1) is 11.3 Å². The van der Waals surface area contributed by atoms with Gasteiger partial charge in [-0.15, -0.1) is 0 Å². The van der Waals surface area contributed by atoms with Crippen LogP contribution in [0.5, 0.6) is 0 Å². The number of ketones is 1. The molecule has 3 nitrogen and oxygen atoms in total. The second kappa shape index (κ2) is 6.18. The van der Waals surface area contributed by atoms with E-state index in [1.165, 1.54) is 0 Å². The average Bonchev–Trinajstić information content (AvgIpc) is 3.11. The minimum Gasteiger partial charge on any atom is -0.465 e. The fraction of sp³-hybridized carbons (Fsp3) is 0.857. The van der Waals surface area contributed by atoms with Gasteiger partial charge >= 0.3 is 5.97 Å². The average molecular weight is 240 g/mol. The lowest BCUT2D eigenvalue weighted by atomic mass is 9.74. The van der Waals surface area contributed by atoms with Crippen LogP contribution in [0.15, 0.2) is 0 Å². The van der Waals surface area contributed by atoms with Gasteiger partial charge in [0.05, 0.1) is 6.61 Å². The Kier molecular flexibility index (Phi) is 5.16. The van der Waals surface area contributed by atoms with Gasteiger partial charge in [0.1, 0.15) is 5.41 Å². The Labute approximate surface area is 104 Å². The number of carbonyl (C=O) groups excluding carboxylic acids is 2. The number of Topliss-reactive ketones (excluding diaryl/α,β-unsaturated/α-hetero) is 1. The molecule has 98 valence electrons. The monoisotopic (exact) mass is 240 g/mol. The van der Waals surface area contributed by atoms with E-state index >= 15 is 0 Å². The van der Waals surface area contributed by atoms with Gasteiger partial charge in [0.25, 0.3) is 0 Å². The molecule has 1 aliphatic rings. The summed E-state index contributed by atoms with van der Waals surface area (Å²) in [5, 5.41) is 0. The zero-order valence-electron chi connectivity index (χ0n) is 11.3. The molecule has 0 atom stereocenters. The molecule has 0 heterocycles. The maximum Gasteiger partial charge on any atom is 0.319 e. The molecule has 0 spiro atoms. The van der Waals surface area contributed by atoms with Gasteiger partial charge < -0.3 is 4.74 Å². The van der Waals surface area contributed by atoms with E-state index in [9.17, 15) is 9.59 Å². The molecule has 0 N–H and O–H groups in total. The van der Waals surface area contributed by atoms with Gasteiger partial charge in [0.15, 0.2) is 5.78 Å². The molecule has 0 radical (unpaired) electrons. The largest absolute Gasteiger partial charge is 0.465 e. The molecule has 17 heavy (non-hydrogen) atoms. The highest BCUT2D eigenvalue weighted by molar-refractivity contribution is 6.05. The standard InChI is InChI=1S/C14H24O3/c1-4-9-14(10-5-2,13(16)17-6-3)12(15)11-7-8-11/h11H,4-10H2,1-3H3. The Morgan fingerprint density at radius 1 is 1.12 bits per heavy atom. The molecule has 1 saturated carbocycles. The predicted octanol–water partition coefficient (Wildman–Crippen LogP) is 3.12. The van der Waals surface area contributed by atoms with Crippen molar-refractivity contribution in [2.45, 2.75) is 59.3 Å². The highest BCUT2D eigenvalue weighted by atomic mass is 16.5. The van der Waals surface area contributed by atoms with Crippen molar-refractivity contribution in [1.82, 2.24) is 0 Å². The third-order valence-electron chi connectivity index (χ3n) is 3.44. The van der Waals surface area contributed by atoms with Gasteiger partial charge in [-0.3, -0.25) is 9.59 Å². The maximum absolute atomic E-state index is 12.4. The van der Waals surface area contributed by atoms with Crippen LogP contribution in [0.1, 0.15) is 59.3 Å². The molecule has 0 aliphatic heterocycles. The molecular weight excluding hydrogens is 216 g/mol. The molecule has 0 aromatic carbocycles. The second-order valence-electron chi connectivity index (χ2n) is 4.94. The highest BCUT2D eigenvalue weighted by Gasteiger charge is 2.50. The molecule has 0 aromatic heterocycles. The zero-order valence-corrected chi connectivity index (χ0v) is 11.3. The predicted molar refractivity (Wildman–Crippen MR) is 66.6 cm³/mol. The SMILES string of the molecule is CCCC(CCC)(C(=O)OCC)C(=O)C1CC1. The van der Waals surface area contributed by atoms with Crippen LogP contribution >= 0.6 is 0 Å². The van der Waals surface area contributed by atoms with E-state index in [0.29, 0.717) is 19.4 Å². The van der Waals surface area contributed by atoms with E-state index in [4.69, 9.17) is 4.74 Å². The van der Waals surface area contributed by atoms with E-state index in [1.54, 1.807) is 6.92 Å². The van der Waals surface area contributed by atoms with Crippen LogP contribution in [0.25, 0.3) is 0 Å². The van der Waals surface area contributed by atoms with Crippen LogP contribution in [-0.2, 0) is 14.3 Å². The van der Waals surface area contributed by atoms with Gasteiger partial charge in [0.2, 0.25) is 0 Å². The molecule has 0 aromatic rings. The molecule has 0 amide bonds. The summed E-state index contributed by atoms with van der Waals surface area (Å²) in [6.07, 6.45) is 4.86. The third kappa shape index (κ3) is 3.08. The molecule has 0 saturated heterocycles. The first-order valence-corrected chi connectivity index (χ1v) is 6.83. The Balaban J connectivity index is 2.92. The van der Waals surface area contributed by atoms with Crippen molar-refractivity contribution in [1.29, 1.82) is 0 Å². The number of hydrogen-bond donors (Lipinski definition) is 0. The maximum atomic E-state index is 12.4. The van der Waals surface area contributed by atoms with E-state index in [-0.39, 0.29) is 17.7 Å². The molecule has 0 unspecified atom stereocenters. The van der Waals surface area contributed by atoms with Gasteiger partial charge in [-0.1, -0.05) is 26.7 Å². The van der Waals surface area contributed by atoms with E-state index in [0.717, 1.165) is 25.7 Å². The molecule has 1 rings (SSSR count). The normalized spacial score (nSPS) is 15.7. The van der Waals surface area contributed by atoms with Crippen molar-refractivity contribution >= 4 is 11.8 Å². The lowest BCUT2D eigenvalue weighted by molar-refractivity contribution is -0.162. The molecular formula is C14H24O3. The third-order valence-corrected chi connectivity index (χ3v) is 3.44. The Morgan fingerprint density at radius 3 is 2.00 bits per heavy atom. The Morgan fingerprint density at radius 2 is 1.65 bits per heavy atom. The van der Waals surface area contributed by atoms with Crippen LogP contribution < -0.4 is 0 Å². The number of ether oxygens (including phenoxy) is 1. The fourth-order valence-corrected chi connectivity index (χ4v) is 2.54. The summed E-state index contributed by atoms with van der Waals surface area (Å²) in [7, 11) is 0. The summed E-state index contributed by atoms with van der Waals surface area (Å²) in [5.74, 6) is -0.0299. The van der Waals surface area contributed by atoms with Crippen molar-refractivity contribution in [2.75, 3.05) is 6.61 Å². The van der Waals surface area contributed by atoms with Crippen molar-refractivity contribution in [2.24, 2.45) is 11.3 Å². The zero-order chi connectivity index (χ0) is 12.9. The Bertz CT molecular complexity index is 273. The van der Waals surface area contributed by atoms with Gasteiger partial charge in [-0.25, -0.2) is 0 Å². The summed E-state index contributed by atoms with van der Waals surface area (Å²) in [6.45, 7) is 6.18. The summed E-state index contributed by atoms with van der Waals surface area (Å²) in [6, 6.07) is 0. The minimum atomic E-state index is -0.847. The first kappa shape index (κ1) is 14.2. The number of hydrogen-bond acceptors (Lipinski definition) is 3. The summed E-state index contributed by atoms with van der Waals surface area (Å²) >= 11 is 0. The summed E-state index contributed by atoms with van der Waals surface area (Å²) < 4.78 is 5.15. The Hall–Kier alpha value is -0.860. The molecule has 1 fully saturated rings. The molecule has 3 heteroatoms. The molecule has 1 aliphatic carbocycles. The van der Waals surface area contributed by atoms with E-state index in [2.05, 4.69) is 0 Å². The van der Waals surface area contributed by atoms with Crippen molar-refractivity contribution in [3.63, 3.8) is 0 Å². The summed E-state index contributed by atoms with van der Waals surface area (Å²) in [4.78, 5) is 24.6. The topological polar surface area (TPSA) is 43.4 Å². The number of esters is 1. The number of rotatable bonds is 8. The van der Waals surface area contributed by atoms with Crippen molar-refractivity contribution in [3.05, 3.63) is 0 Å². The van der Waals surface area contributed by atoms with Crippen LogP contribution in [0.3, 0.4) is 0 Å². The smallest absolute Gasteiger partial charge is 0.319 e. The fourth-order valence-electron chi connectivity index (χ4n) is 2.54. The van der Waals surface area contributed by atoms with Crippen molar-refractivity contribution in [3.8, 4) is 0 Å². The number of carbonyl (C=O) groups is 2. The van der Waals surface area contributed by atoms with Crippen LogP contribution in [-0.4, -0.2) is 18.4 Å². The van der Waals surface area contributed by atoms with Gasteiger partial charge in [-0.05, 0) is 32.6 Å². The van der Waals surface area contributed by atoms with E-state index < -0.39 is 5.41 Å². The first-order chi connectivity index (χ1) is 8.12. The lowest BCUT2D eigenvalue weighted by Crippen LogP contribution is -2.41. The van der Waals surface area contributed by atoms with Gasteiger partial charge in [0, 0.05) is 5.92 Å². The quantitative estimate of drug-likeness (QED) is 0.483. The lowest BCUT2D eigenvalue weighted by Gasteiger charge is -2.29. The van der Waals surface area contributed by atoms with Crippen LogP contribution in [0.2, 0.25) is 0 Å². The van der Waals surface area contributed by atoms with Crippen molar-refractivity contribution < 1.29 is 14.3 Å². The minimum absolute atomic E-state index is 0.123. The van der Waals surface area contributed by atoms with Gasteiger partial charge in [-0.2, -0.15) is 0 Å². The highest BCUT2D eigenvalue weighted by Crippen LogP contribution is 2.42. The summed E-state index contributed by atoms with van der Waals surface area (Å²) in [5.41, 5.74) is -0.847.